The van der Waals surface area contributed by atoms with Crippen molar-refractivity contribution in [1.82, 2.24) is 0 Å². The zero-order valence-electron chi connectivity index (χ0n) is 15.9. The van der Waals surface area contributed by atoms with E-state index in [1.807, 2.05) is 12.1 Å². The number of anilines is 1. The molecule has 1 aliphatic rings. The molecule has 0 radical (unpaired) electrons. The normalized spacial score (nSPS) is 15.0. The molecule has 1 aliphatic carbocycles. The first-order chi connectivity index (χ1) is 13.8. The Bertz CT molecular complexity index is 937. The minimum absolute atomic E-state index is 0.104. The number of nitrogens with one attached hydrogen (secondary N) is 1. The first-order valence-corrected chi connectivity index (χ1v) is 9.68. The van der Waals surface area contributed by atoms with E-state index in [-0.39, 0.29) is 11.4 Å². The monoisotopic (exact) mass is 416 g/mol. The molecular formula is C21H21ClN2O5. The van der Waals surface area contributed by atoms with Gasteiger partial charge in [-0.15, -0.1) is 0 Å². The topological polar surface area (TPSA) is 98.5 Å². The van der Waals surface area contributed by atoms with Gasteiger partial charge < -0.3 is 10.1 Å². The molecule has 1 N–H and O–H groups in total. The summed E-state index contributed by atoms with van der Waals surface area (Å²) in [6.07, 6.45) is 3.05. The molecule has 152 valence electrons. The number of benzene rings is 2. The molecule has 8 heteroatoms. The predicted octanol–water partition coefficient (Wildman–Crippen LogP) is 4.55. The van der Waals surface area contributed by atoms with Gasteiger partial charge in [-0.2, -0.15) is 0 Å². The van der Waals surface area contributed by atoms with Gasteiger partial charge in [-0.05, 0) is 43.0 Å². The summed E-state index contributed by atoms with van der Waals surface area (Å²) in [7, 11) is 0. The van der Waals surface area contributed by atoms with E-state index in [9.17, 15) is 19.7 Å². The Kier molecular flexibility index (Phi) is 6.17. The number of rotatable bonds is 6. The van der Waals surface area contributed by atoms with Crippen LogP contribution < -0.4 is 5.32 Å². The number of nitro groups is 1. The predicted molar refractivity (Wildman–Crippen MR) is 109 cm³/mol. The molecule has 1 saturated carbocycles. The number of aryl methyl sites for hydroxylation is 1. The van der Waals surface area contributed by atoms with E-state index >= 15 is 0 Å². The fourth-order valence-corrected chi connectivity index (χ4v) is 3.90. The fraction of sp³-hybridized carbons (Fsp3) is 0.333. The Balaban J connectivity index is 1.71. The van der Waals surface area contributed by atoms with Gasteiger partial charge in [0.15, 0.2) is 6.61 Å². The van der Waals surface area contributed by atoms with E-state index in [1.54, 1.807) is 31.2 Å². The number of esters is 1. The molecular weight excluding hydrogens is 396 g/mol. The van der Waals surface area contributed by atoms with Gasteiger partial charge in [-0.25, -0.2) is 0 Å². The SMILES string of the molecule is Cc1cccc([N+](=O)[O-])c1NC(=O)COC(=O)C1(c2ccc(Cl)cc2)CCCC1. The lowest BCUT2D eigenvalue weighted by Gasteiger charge is -2.27. The summed E-state index contributed by atoms with van der Waals surface area (Å²) in [4.78, 5) is 35.8. The van der Waals surface area contributed by atoms with Gasteiger partial charge in [0, 0.05) is 11.1 Å². The summed E-state index contributed by atoms with van der Waals surface area (Å²) in [5, 5.41) is 14.2. The summed E-state index contributed by atoms with van der Waals surface area (Å²) in [6, 6.07) is 11.6. The van der Waals surface area contributed by atoms with Crippen molar-refractivity contribution < 1.29 is 19.2 Å². The third kappa shape index (κ3) is 4.40. The van der Waals surface area contributed by atoms with E-state index in [4.69, 9.17) is 16.3 Å². The van der Waals surface area contributed by atoms with Crippen LogP contribution in [0.5, 0.6) is 0 Å². The maximum Gasteiger partial charge on any atom is 0.317 e. The van der Waals surface area contributed by atoms with Crippen LogP contribution in [0.2, 0.25) is 5.02 Å². The van der Waals surface area contributed by atoms with Crippen molar-refractivity contribution in [2.24, 2.45) is 0 Å². The van der Waals surface area contributed by atoms with E-state index in [0.717, 1.165) is 18.4 Å². The van der Waals surface area contributed by atoms with Gasteiger partial charge in [-0.3, -0.25) is 19.7 Å². The molecule has 0 aromatic heterocycles. The fourth-order valence-electron chi connectivity index (χ4n) is 3.77. The Labute approximate surface area is 173 Å². The largest absolute Gasteiger partial charge is 0.455 e. The van der Waals surface area contributed by atoms with Crippen LogP contribution in [0, 0.1) is 17.0 Å². The third-order valence-corrected chi connectivity index (χ3v) is 5.54. The molecule has 0 heterocycles. The van der Waals surface area contributed by atoms with Gasteiger partial charge in [0.1, 0.15) is 5.69 Å². The molecule has 0 atom stereocenters. The highest BCUT2D eigenvalue weighted by Crippen LogP contribution is 2.42. The lowest BCUT2D eigenvalue weighted by atomic mass is 9.79. The standard InChI is InChI=1S/C21H21ClN2O5/c1-14-5-4-6-17(24(27)28)19(14)23-18(25)13-29-20(26)21(11-2-3-12-21)15-7-9-16(22)10-8-15/h4-10H,2-3,11-13H2,1H3,(H,23,25). The molecule has 1 fully saturated rings. The van der Waals surface area contributed by atoms with Crippen LogP contribution in [0.25, 0.3) is 0 Å². The van der Waals surface area contributed by atoms with Crippen molar-refractivity contribution >= 4 is 34.9 Å². The summed E-state index contributed by atoms with van der Waals surface area (Å²) in [5.41, 5.74) is 0.469. The van der Waals surface area contributed by atoms with Crippen molar-refractivity contribution in [2.75, 3.05) is 11.9 Å². The number of ether oxygens (including phenoxy) is 1. The van der Waals surface area contributed by atoms with E-state index < -0.39 is 28.8 Å². The van der Waals surface area contributed by atoms with E-state index in [0.29, 0.717) is 23.4 Å². The van der Waals surface area contributed by atoms with Gasteiger partial charge in [0.05, 0.1) is 10.3 Å². The van der Waals surface area contributed by atoms with Crippen LogP contribution in [0.3, 0.4) is 0 Å². The number of nitrogens with zero attached hydrogens (tertiary/aromatic N) is 1. The number of carbonyl (C=O) groups excluding carboxylic acids is 2. The van der Waals surface area contributed by atoms with Crippen LogP contribution in [0.1, 0.15) is 36.8 Å². The van der Waals surface area contributed by atoms with Crippen molar-refractivity contribution in [1.29, 1.82) is 0 Å². The average Bonchev–Trinajstić information content (AvgIpc) is 3.19. The van der Waals surface area contributed by atoms with Gasteiger partial charge >= 0.3 is 5.97 Å². The van der Waals surface area contributed by atoms with Crippen molar-refractivity contribution in [3.05, 3.63) is 68.7 Å². The Morgan fingerprint density at radius 3 is 2.45 bits per heavy atom. The molecule has 0 unspecified atom stereocenters. The minimum Gasteiger partial charge on any atom is -0.455 e. The van der Waals surface area contributed by atoms with Crippen LogP contribution in [0.15, 0.2) is 42.5 Å². The molecule has 3 rings (SSSR count). The second-order valence-electron chi connectivity index (χ2n) is 7.15. The number of nitro benzene ring substituents is 1. The van der Waals surface area contributed by atoms with Crippen LogP contribution in [-0.2, 0) is 19.7 Å². The average molecular weight is 417 g/mol. The molecule has 0 saturated heterocycles. The zero-order valence-corrected chi connectivity index (χ0v) is 16.7. The lowest BCUT2D eigenvalue weighted by molar-refractivity contribution is -0.384. The molecule has 0 bridgehead atoms. The second-order valence-corrected chi connectivity index (χ2v) is 7.58. The number of hydrogen-bond acceptors (Lipinski definition) is 5. The van der Waals surface area contributed by atoms with Crippen molar-refractivity contribution in [2.45, 2.75) is 38.0 Å². The van der Waals surface area contributed by atoms with Crippen LogP contribution >= 0.6 is 11.6 Å². The Hall–Kier alpha value is -2.93. The minimum atomic E-state index is -0.792. The molecule has 2 aromatic carbocycles. The third-order valence-electron chi connectivity index (χ3n) is 5.29. The molecule has 2 aromatic rings. The first kappa shape index (κ1) is 20.8. The number of carbonyl (C=O) groups is 2. The summed E-state index contributed by atoms with van der Waals surface area (Å²) in [5.74, 6) is -1.09. The molecule has 0 aliphatic heterocycles. The molecule has 7 nitrogen and oxygen atoms in total. The summed E-state index contributed by atoms with van der Waals surface area (Å²) >= 11 is 5.95. The number of para-hydroxylation sites is 1. The van der Waals surface area contributed by atoms with Gasteiger partial charge in [-0.1, -0.05) is 48.7 Å². The number of amides is 1. The Morgan fingerprint density at radius 2 is 1.83 bits per heavy atom. The smallest absolute Gasteiger partial charge is 0.317 e. The quantitative estimate of drug-likeness (QED) is 0.423. The summed E-state index contributed by atoms with van der Waals surface area (Å²) in [6.45, 7) is 1.14. The number of halogens is 1. The van der Waals surface area contributed by atoms with E-state index in [1.165, 1.54) is 6.07 Å². The van der Waals surface area contributed by atoms with Gasteiger partial charge in [0.2, 0.25) is 0 Å². The second kappa shape index (κ2) is 8.61. The number of hydrogen-bond donors (Lipinski definition) is 1. The van der Waals surface area contributed by atoms with Crippen molar-refractivity contribution in [3.8, 4) is 0 Å². The van der Waals surface area contributed by atoms with Crippen LogP contribution in [0.4, 0.5) is 11.4 Å². The maximum absolute atomic E-state index is 12.9. The van der Waals surface area contributed by atoms with Crippen LogP contribution in [-0.4, -0.2) is 23.4 Å². The van der Waals surface area contributed by atoms with E-state index in [2.05, 4.69) is 5.32 Å². The molecule has 29 heavy (non-hydrogen) atoms. The van der Waals surface area contributed by atoms with Gasteiger partial charge in [0.25, 0.3) is 11.6 Å². The Morgan fingerprint density at radius 1 is 1.17 bits per heavy atom. The lowest BCUT2D eigenvalue weighted by Crippen LogP contribution is -2.36. The first-order valence-electron chi connectivity index (χ1n) is 9.30. The summed E-state index contributed by atoms with van der Waals surface area (Å²) < 4.78 is 5.33. The maximum atomic E-state index is 12.9. The zero-order chi connectivity index (χ0) is 21.0. The van der Waals surface area contributed by atoms with Crippen molar-refractivity contribution in [3.63, 3.8) is 0 Å². The molecule has 1 amide bonds. The highest BCUT2D eigenvalue weighted by molar-refractivity contribution is 6.30. The highest BCUT2D eigenvalue weighted by Gasteiger charge is 2.44. The molecule has 0 spiro atoms. The highest BCUT2D eigenvalue weighted by atomic mass is 35.5.